The minimum absolute atomic E-state index is 0.172. The van der Waals surface area contributed by atoms with Gasteiger partial charge in [-0.25, -0.2) is 4.79 Å². The molecule has 0 fully saturated rings. The summed E-state index contributed by atoms with van der Waals surface area (Å²) in [5.74, 6) is 1.29. The molecule has 0 unspecified atom stereocenters. The van der Waals surface area contributed by atoms with E-state index < -0.39 is 5.97 Å². The molecule has 0 spiro atoms. The fraction of sp³-hybridized carbons (Fsp3) is 0.467. The Hall–Kier alpha value is -4.12. The predicted octanol–water partition coefficient (Wildman–Crippen LogP) is 12.6. The van der Waals surface area contributed by atoms with Crippen molar-refractivity contribution in [2.75, 3.05) is 13.2 Å². The lowest BCUT2D eigenvalue weighted by atomic mass is 10.1. The van der Waals surface area contributed by atoms with E-state index in [2.05, 4.69) is 13.8 Å². The Morgan fingerprint density at radius 2 is 0.940 bits per heavy atom. The molecule has 0 aliphatic carbocycles. The van der Waals surface area contributed by atoms with Gasteiger partial charge in [0.25, 0.3) is 0 Å². The summed E-state index contributed by atoms with van der Waals surface area (Å²) >= 11 is 0. The maximum atomic E-state index is 12.9. The van der Waals surface area contributed by atoms with Crippen molar-refractivity contribution in [3.63, 3.8) is 0 Å². The zero-order valence-corrected chi connectivity index (χ0v) is 30.7. The van der Waals surface area contributed by atoms with Crippen LogP contribution in [-0.4, -0.2) is 25.0 Å². The SMILES string of the molecule is CCCCCCCCCCCCCCOc1ccc(/C=C/C(=O)c2cccc(OC(=O)/C=C/c3ccc(OCCCCCCC)cc3)c2)cc1. The molecule has 0 saturated heterocycles. The third-order valence-electron chi connectivity index (χ3n) is 8.72. The minimum Gasteiger partial charge on any atom is -0.494 e. The molecule has 0 aliphatic heterocycles. The first-order valence-electron chi connectivity index (χ1n) is 19.3. The molecule has 3 aromatic carbocycles. The molecule has 3 rings (SSSR count). The molecule has 0 aromatic heterocycles. The van der Waals surface area contributed by atoms with Crippen LogP contribution in [0.5, 0.6) is 17.2 Å². The van der Waals surface area contributed by atoms with Gasteiger partial charge in [-0.05, 0) is 72.5 Å². The average Bonchev–Trinajstić information content (AvgIpc) is 3.14. The molecular weight excluding hydrogens is 620 g/mol. The van der Waals surface area contributed by atoms with E-state index >= 15 is 0 Å². The maximum Gasteiger partial charge on any atom is 0.336 e. The highest BCUT2D eigenvalue weighted by molar-refractivity contribution is 6.07. The first-order valence-corrected chi connectivity index (χ1v) is 19.3. The van der Waals surface area contributed by atoms with Crippen LogP contribution < -0.4 is 14.2 Å². The molecule has 0 saturated carbocycles. The average molecular weight is 681 g/mol. The van der Waals surface area contributed by atoms with Crippen LogP contribution in [0.4, 0.5) is 0 Å². The first-order chi connectivity index (χ1) is 24.6. The van der Waals surface area contributed by atoms with Gasteiger partial charge in [-0.15, -0.1) is 0 Å². The molecule has 0 N–H and O–H groups in total. The Bertz CT molecular complexity index is 1400. The molecule has 50 heavy (non-hydrogen) atoms. The van der Waals surface area contributed by atoms with Crippen LogP contribution in [0.1, 0.15) is 144 Å². The van der Waals surface area contributed by atoms with Gasteiger partial charge >= 0.3 is 5.97 Å². The summed E-state index contributed by atoms with van der Waals surface area (Å²) in [5, 5.41) is 0. The van der Waals surface area contributed by atoms with Gasteiger partial charge in [0.2, 0.25) is 0 Å². The number of benzene rings is 3. The van der Waals surface area contributed by atoms with Crippen molar-refractivity contribution >= 4 is 23.9 Å². The minimum atomic E-state index is -0.515. The molecule has 0 amide bonds. The molecule has 0 aliphatic rings. The highest BCUT2D eigenvalue weighted by atomic mass is 16.5. The predicted molar refractivity (Wildman–Crippen MR) is 208 cm³/mol. The lowest BCUT2D eigenvalue weighted by Crippen LogP contribution is -2.04. The Labute approximate surface area is 302 Å². The van der Waals surface area contributed by atoms with Crippen molar-refractivity contribution < 1.29 is 23.8 Å². The molecule has 0 atom stereocenters. The summed E-state index contributed by atoms with van der Waals surface area (Å²) in [6.07, 6.45) is 28.3. The number of rotatable bonds is 27. The number of ether oxygens (including phenoxy) is 3. The van der Waals surface area contributed by atoms with E-state index in [9.17, 15) is 9.59 Å². The van der Waals surface area contributed by atoms with Gasteiger partial charge in [-0.1, -0.05) is 153 Å². The van der Waals surface area contributed by atoms with Gasteiger partial charge in [0.05, 0.1) is 13.2 Å². The van der Waals surface area contributed by atoms with Gasteiger partial charge in [-0.3, -0.25) is 4.79 Å². The second kappa shape index (κ2) is 25.8. The van der Waals surface area contributed by atoms with Crippen molar-refractivity contribution in [2.45, 2.75) is 123 Å². The quantitative estimate of drug-likeness (QED) is 0.0264. The third kappa shape index (κ3) is 18.0. The number of ketones is 1. The van der Waals surface area contributed by atoms with E-state index in [-0.39, 0.29) is 5.78 Å². The molecule has 0 heterocycles. The van der Waals surface area contributed by atoms with Crippen LogP contribution in [-0.2, 0) is 4.79 Å². The summed E-state index contributed by atoms with van der Waals surface area (Å²) in [4.78, 5) is 25.3. The molecule has 0 radical (unpaired) electrons. The summed E-state index contributed by atoms with van der Waals surface area (Å²) in [5.41, 5.74) is 2.22. The van der Waals surface area contributed by atoms with E-state index in [4.69, 9.17) is 14.2 Å². The van der Waals surface area contributed by atoms with E-state index in [0.29, 0.717) is 17.9 Å². The molecule has 270 valence electrons. The van der Waals surface area contributed by atoms with Crippen LogP contribution in [0.15, 0.2) is 84.9 Å². The smallest absolute Gasteiger partial charge is 0.336 e. The number of allylic oxidation sites excluding steroid dienone is 1. The highest BCUT2D eigenvalue weighted by Gasteiger charge is 2.07. The van der Waals surface area contributed by atoms with Crippen molar-refractivity contribution in [3.05, 3.63) is 102 Å². The first kappa shape index (κ1) is 40.3. The van der Waals surface area contributed by atoms with Gasteiger partial charge < -0.3 is 14.2 Å². The number of carbonyl (C=O) groups is 2. The Balaban J connectivity index is 1.32. The standard InChI is InChI=1S/C45H60O5/c1-3-5-7-9-10-11-12-13-14-15-17-19-36-49-41-29-23-38(24-30-41)27-33-44(46)40-21-20-22-43(37-40)50-45(47)34-28-39-25-31-42(32-26-39)48-35-18-16-8-6-4-2/h20-34,37H,3-19,35-36H2,1-2H3/b33-27+,34-28+. The molecule has 5 heteroatoms. The Morgan fingerprint density at radius 3 is 1.42 bits per heavy atom. The fourth-order valence-corrected chi connectivity index (χ4v) is 5.67. The van der Waals surface area contributed by atoms with Gasteiger partial charge in [0.15, 0.2) is 5.78 Å². The van der Waals surface area contributed by atoms with E-state index in [1.54, 1.807) is 36.4 Å². The topological polar surface area (TPSA) is 61.8 Å². The van der Waals surface area contributed by atoms with Crippen LogP contribution >= 0.6 is 0 Å². The molecule has 3 aromatic rings. The fourth-order valence-electron chi connectivity index (χ4n) is 5.67. The summed E-state index contributed by atoms with van der Waals surface area (Å²) in [6, 6.07) is 22.1. The van der Waals surface area contributed by atoms with Gasteiger partial charge in [0.1, 0.15) is 17.2 Å². The van der Waals surface area contributed by atoms with E-state index in [0.717, 1.165) is 42.1 Å². The molecule has 0 bridgehead atoms. The lowest BCUT2D eigenvalue weighted by Gasteiger charge is -2.07. The van der Waals surface area contributed by atoms with Crippen molar-refractivity contribution in [1.82, 2.24) is 0 Å². The van der Waals surface area contributed by atoms with E-state index in [1.165, 1.54) is 108 Å². The van der Waals surface area contributed by atoms with Crippen molar-refractivity contribution in [1.29, 1.82) is 0 Å². The molecule has 5 nitrogen and oxygen atoms in total. The largest absolute Gasteiger partial charge is 0.494 e. The van der Waals surface area contributed by atoms with E-state index in [1.807, 2.05) is 48.5 Å². The highest BCUT2D eigenvalue weighted by Crippen LogP contribution is 2.19. The zero-order valence-electron chi connectivity index (χ0n) is 30.7. The summed E-state index contributed by atoms with van der Waals surface area (Å²) in [6.45, 7) is 5.92. The maximum absolute atomic E-state index is 12.9. The normalized spacial score (nSPS) is 11.3. The van der Waals surface area contributed by atoms with Crippen LogP contribution in [0.3, 0.4) is 0 Å². The van der Waals surface area contributed by atoms with Crippen molar-refractivity contribution in [3.8, 4) is 17.2 Å². The second-order valence-electron chi connectivity index (χ2n) is 13.1. The van der Waals surface area contributed by atoms with Crippen LogP contribution in [0.25, 0.3) is 12.2 Å². The van der Waals surface area contributed by atoms with Crippen LogP contribution in [0, 0.1) is 0 Å². The number of unbranched alkanes of at least 4 members (excludes halogenated alkanes) is 15. The number of esters is 1. The van der Waals surface area contributed by atoms with Gasteiger partial charge in [0, 0.05) is 11.6 Å². The monoisotopic (exact) mass is 680 g/mol. The van der Waals surface area contributed by atoms with Crippen LogP contribution in [0.2, 0.25) is 0 Å². The summed E-state index contributed by atoms with van der Waals surface area (Å²) < 4.78 is 17.2. The number of hydrogen-bond donors (Lipinski definition) is 0. The third-order valence-corrected chi connectivity index (χ3v) is 8.72. The Kier molecular flexibility index (Phi) is 20.8. The second-order valence-corrected chi connectivity index (χ2v) is 13.1. The Morgan fingerprint density at radius 1 is 0.500 bits per heavy atom. The lowest BCUT2D eigenvalue weighted by molar-refractivity contribution is -0.128. The van der Waals surface area contributed by atoms with Gasteiger partial charge in [-0.2, -0.15) is 0 Å². The zero-order chi connectivity index (χ0) is 35.5. The number of hydrogen-bond acceptors (Lipinski definition) is 5. The summed E-state index contributed by atoms with van der Waals surface area (Å²) in [7, 11) is 0. The molecular formula is C45H60O5. The van der Waals surface area contributed by atoms with Crippen molar-refractivity contribution in [2.24, 2.45) is 0 Å². The number of carbonyl (C=O) groups excluding carboxylic acids is 2.